The molecule has 2 N–H and O–H groups in total. The lowest BCUT2D eigenvalue weighted by Crippen LogP contribution is -1.98. The van der Waals surface area contributed by atoms with E-state index >= 15 is 70.2 Å². The summed E-state index contributed by atoms with van der Waals surface area (Å²) in [4.78, 5) is 19.2. The van der Waals surface area contributed by atoms with Crippen LogP contribution in [0.3, 0.4) is 0 Å². The van der Waals surface area contributed by atoms with E-state index in [1.165, 1.54) is 48.5 Å². The van der Waals surface area contributed by atoms with Crippen LogP contribution in [0.4, 0.5) is 70.2 Å². The summed E-state index contributed by atoms with van der Waals surface area (Å²) in [6, 6.07) is 57.6. The highest BCUT2D eigenvalue weighted by molar-refractivity contribution is 6.26. The molecule has 4 heterocycles. The van der Waals surface area contributed by atoms with Crippen molar-refractivity contribution in [2.24, 2.45) is 0 Å². The summed E-state index contributed by atoms with van der Waals surface area (Å²) in [5, 5.41) is -2.32. The van der Waals surface area contributed by atoms with Crippen molar-refractivity contribution in [2.75, 3.05) is 0 Å². The Bertz CT molecular complexity index is 6900. The highest BCUT2D eigenvalue weighted by Crippen LogP contribution is 2.55. The molecule has 3 aliphatic rings. The van der Waals surface area contributed by atoms with Crippen molar-refractivity contribution in [1.82, 2.24) is 19.9 Å². The van der Waals surface area contributed by atoms with E-state index in [0.29, 0.717) is 43.8 Å². The lowest BCUT2D eigenvalue weighted by atomic mass is 9.90. The van der Waals surface area contributed by atoms with Gasteiger partial charge in [-0.25, -0.2) is 80.2 Å². The number of halogens is 16. The average molecular weight is 1500 g/mol. The molecule has 0 unspecified atom stereocenters. The molecule has 4 nitrogen and oxygen atoms in total. The van der Waals surface area contributed by atoms with Gasteiger partial charge in [-0.05, 0) is 162 Å². The predicted molar refractivity (Wildman–Crippen MR) is 406 cm³/mol. The molecule has 0 fully saturated rings. The van der Waals surface area contributed by atoms with Gasteiger partial charge in [-0.15, -0.1) is 0 Å². The monoisotopic (exact) mass is 1500 g/mol. The van der Waals surface area contributed by atoms with Crippen molar-refractivity contribution in [1.29, 1.82) is 0 Å². The Morgan fingerprint density at radius 3 is 0.491 bits per heavy atom. The second-order valence-electron chi connectivity index (χ2n) is 27.9. The summed E-state index contributed by atoms with van der Waals surface area (Å²) in [6.45, 7) is 0. The van der Waals surface area contributed by atoms with Gasteiger partial charge in [-0.1, -0.05) is 121 Å². The molecule has 0 amide bonds. The number of aromatic amines is 2. The van der Waals surface area contributed by atoms with E-state index in [4.69, 9.17) is 9.97 Å². The molecule has 16 aromatic carbocycles. The van der Waals surface area contributed by atoms with Crippen LogP contribution < -0.4 is 0 Å². The van der Waals surface area contributed by atoms with E-state index < -0.39 is 136 Å². The molecule has 2 aliphatic heterocycles. The minimum Gasteiger partial charge on any atom is -0.353 e. The summed E-state index contributed by atoms with van der Waals surface area (Å²) in [5.74, 6) is -29.9. The second-order valence-corrected chi connectivity index (χ2v) is 27.9. The first-order valence-corrected chi connectivity index (χ1v) is 34.8. The summed E-state index contributed by atoms with van der Waals surface area (Å²) < 4.78 is 254. The van der Waals surface area contributed by atoms with E-state index in [-0.39, 0.29) is 132 Å². The quantitative estimate of drug-likeness (QED) is 0.0798. The molecule has 8 bridgehead atoms. The Kier molecular flexibility index (Phi) is 14.1. The Morgan fingerprint density at radius 2 is 0.321 bits per heavy atom. The minimum atomic E-state index is -2.06. The van der Waals surface area contributed by atoms with Crippen molar-refractivity contribution >= 4 is 130 Å². The second kappa shape index (κ2) is 23.8. The maximum absolute atomic E-state index is 16.3. The van der Waals surface area contributed by atoms with Crippen LogP contribution in [-0.2, 0) is 0 Å². The van der Waals surface area contributed by atoms with Gasteiger partial charge in [0.25, 0.3) is 0 Å². The minimum absolute atomic E-state index is 0.144. The molecule has 112 heavy (non-hydrogen) atoms. The Balaban J connectivity index is 1.07. The third kappa shape index (κ3) is 9.28. The molecule has 21 rings (SSSR count). The van der Waals surface area contributed by atoms with E-state index in [0.717, 1.165) is 0 Å². The Labute approximate surface area is 618 Å². The van der Waals surface area contributed by atoms with Gasteiger partial charge in [-0.3, -0.25) is 0 Å². The smallest absolute Gasteiger partial charge is 0.198 e. The largest absolute Gasteiger partial charge is 0.353 e. The number of fused-ring (bicyclic) bond motifs is 8. The zero-order valence-corrected chi connectivity index (χ0v) is 56.7. The average Bonchev–Trinajstić information content (AvgIpc) is 1.72. The number of nitrogens with zero attached hydrogens (tertiary/aromatic N) is 2. The van der Waals surface area contributed by atoms with Gasteiger partial charge in [0.15, 0.2) is 93.1 Å². The summed E-state index contributed by atoms with van der Waals surface area (Å²) in [6.07, 6.45) is 0. The molecule has 18 aromatic rings. The van der Waals surface area contributed by atoms with Crippen molar-refractivity contribution in [3.63, 3.8) is 0 Å². The molecular weight excluding hydrogens is 1470 g/mol. The third-order valence-corrected chi connectivity index (χ3v) is 21.9. The first kappa shape index (κ1) is 66.3. The number of hydrogen-bond acceptors (Lipinski definition) is 2. The van der Waals surface area contributed by atoms with Crippen molar-refractivity contribution in [2.45, 2.75) is 0 Å². The van der Waals surface area contributed by atoms with Crippen molar-refractivity contribution < 1.29 is 70.2 Å². The van der Waals surface area contributed by atoms with Crippen molar-refractivity contribution in [3.8, 4) is 89.5 Å². The predicted octanol–water partition coefficient (Wildman–Crippen LogP) is 27.4. The van der Waals surface area contributed by atoms with Gasteiger partial charge < -0.3 is 9.97 Å². The van der Waals surface area contributed by atoms with Crippen LogP contribution in [0.2, 0.25) is 0 Å². The maximum atomic E-state index is 16.3. The van der Waals surface area contributed by atoms with Gasteiger partial charge in [0.2, 0.25) is 0 Å². The molecule has 0 spiro atoms. The molecule has 0 radical (unpaired) electrons. The lowest BCUT2D eigenvalue weighted by Gasteiger charge is -2.12. The molecule has 20 heteroatoms. The molecule has 2 aromatic heterocycles. The molecule has 1 aliphatic carbocycles. The Hall–Kier alpha value is -13.9. The van der Waals surface area contributed by atoms with E-state index in [9.17, 15) is 0 Å². The first-order valence-electron chi connectivity index (χ1n) is 34.8. The van der Waals surface area contributed by atoms with Gasteiger partial charge in [0.05, 0.1) is 44.8 Å². The van der Waals surface area contributed by atoms with Crippen LogP contribution in [0.15, 0.2) is 218 Å². The lowest BCUT2D eigenvalue weighted by molar-refractivity contribution is 0.418. The van der Waals surface area contributed by atoms with Gasteiger partial charge in [-0.2, -0.15) is 0 Å². The van der Waals surface area contributed by atoms with Gasteiger partial charge >= 0.3 is 0 Å². The molecule has 0 saturated carbocycles. The van der Waals surface area contributed by atoms with E-state index in [1.807, 2.05) is 0 Å². The van der Waals surface area contributed by atoms with Crippen LogP contribution in [0, 0.1) is 93.1 Å². The highest BCUT2D eigenvalue weighted by atomic mass is 19.2. The third-order valence-electron chi connectivity index (χ3n) is 21.9. The molecule has 538 valence electrons. The number of H-pyrrole nitrogens is 2. The molecule has 0 atom stereocenters. The van der Waals surface area contributed by atoms with Gasteiger partial charge in [0, 0.05) is 109 Å². The summed E-state index contributed by atoms with van der Waals surface area (Å²) in [7, 11) is 0. The number of nitrogens with one attached hydrogen (secondary N) is 2. The zero-order chi connectivity index (χ0) is 76.6. The highest BCUT2D eigenvalue weighted by Gasteiger charge is 2.34. The number of benzene rings is 16. The van der Waals surface area contributed by atoms with Crippen LogP contribution >= 0.6 is 0 Å². The normalized spacial score (nSPS) is 12.3. The molecular formula is C92H38F16N4. The standard InChI is InChI=1S/C92H38F16N4/c93-69-49-21-41-29-57-59(31-43(41)23-51(49)71(95)79(103)77(69)101)87-66(38-15-7-2-8-16-38)89-61-33-45-25-53-55(75(99)83(107)81(105)73(53)97)27-47(45)35-63(61)91(111-89)68(40-19-11-4-12-20-40)92-64-36-48-28-56-54(74(98)82(106)84(108)76(56)100)26-46(48)34-62(64)90(112-92)67(39-17-9-3-10-18-39)88-60-32-44-24-52-50(70(94)78(102)80(104)72(52)96)22-42(44)30-58(60)86(110-88)65(85(57)109-87)37-13-5-1-6-14-37/h1-36,109,112H. The van der Waals surface area contributed by atoms with Crippen LogP contribution in [0.1, 0.15) is 0 Å². The van der Waals surface area contributed by atoms with Crippen LogP contribution in [-0.4, -0.2) is 19.9 Å². The van der Waals surface area contributed by atoms with Crippen molar-refractivity contribution in [3.05, 3.63) is 311 Å². The number of rotatable bonds is 4. The molecule has 0 saturated heterocycles. The fourth-order valence-corrected chi connectivity index (χ4v) is 16.7. The van der Waals surface area contributed by atoms with Crippen LogP contribution in [0.25, 0.3) is 219 Å². The van der Waals surface area contributed by atoms with E-state index in [1.54, 1.807) is 170 Å². The first-order chi connectivity index (χ1) is 54.2. The maximum Gasteiger partial charge on any atom is 0.198 e. The Morgan fingerprint density at radius 1 is 0.170 bits per heavy atom. The van der Waals surface area contributed by atoms with Crippen LogP contribution in [0.5, 0.6) is 0 Å². The number of hydrogen-bond donors (Lipinski definition) is 2. The van der Waals surface area contributed by atoms with E-state index in [2.05, 4.69) is 9.97 Å². The number of aromatic nitrogens is 4. The zero-order valence-electron chi connectivity index (χ0n) is 56.7. The topological polar surface area (TPSA) is 57.4 Å². The summed E-state index contributed by atoms with van der Waals surface area (Å²) in [5.41, 5.74) is 5.48. The summed E-state index contributed by atoms with van der Waals surface area (Å²) >= 11 is 0. The SMILES string of the molecule is Fc1c(F)c(F)c2cc3cc4c(cc3cc2c1F)-c1nc-4c(-c2ccccc2)c2[nH]c(c(-c3ccccc3)c3nc(c(-c4ccccc4)c4[nH]c(c1-c1ccccc1)c1cc5cc6c(F)c(F)c(F)c(F)c6cc5cc41)-c1cc4cc5c(F)c(F)c(F)c(F)c5cc4cc1-3)c1cc3cc4c(F)c(F)c(F)c(F)c4cc3cc21. The van der Waals surface area contributed by atoms with Gasteiger partial charge in [0.1, 0.15) is 0 Å². The fourth-order valence-electron chi connectivity index (χ4n) is 16.7. The fraction of sp³-hybridized carbons (Fsp3) is 0.